The van der Waals surface area contributed by atoms with Gasteiger partial charge in [0.15, 0.2) is 0 Å². The number of hydrogen-bond acceptors (Lipinski definition) is 4. The van der Waals surface area contributed by atoms with Crippen LogP contribution in [0.4, 0.5) is 0 Å². The molecule has 0 unspecified atom stereocenters. The quantitative estimate of drug-likeness (QED) is 0.872. The second kappa shape index (κ2) is 4.85. The molecule has 2 aromatic rings. The lowest BCUT2D eigenvalue weighted by molar-refractivity contribution is -0.117. The van der Waals surface area contributed by atoms with E-state index in [-0.39, 0.29) is 5.91 Å². The van der Waals surface area contributed by atoms with Crippen molar-refractivity contribution >= 4 is 17.2 Å². The summed E-state index contributed by atoms with van der Waals surface area (Å²) in [6.45, 7) is 0. The number of hydrogen-bond donors (Lipinski definition) is 1. The topological polar surface area (TPSA) is 68.9 Å². The third-order valence-electron chi connectivity index (χ3n) is 2.08. The number of carbonyl (C=O) groups excluding carboxylic acids is 1. The van der Waals surface area contributed by atoms with E-state index in [2.05, 4.69) is 9.97 Å². The summed E-state index contributed by atoms with van der Waals surface area (Å²) >= 11 is 1.57. The van der Waals surface area contributed by atoms with Crippen molar-refractivity contribution in [2.24, 2.45) is 5.73 Å². The molecule has 2 rings (SSSR count). The zero-order chi connectivity index (χ0) is 11.4. The van der Waals surface area contributed by atoms with Crippen LogP contribution in [0.5, 0.6) is 0 Å². The highest BCUT2D eigenvalue weighted by molar-refractivity contribution is 7.15. The standard InChI is InChI=1S/C11H11N3OS/c12-10(15)3-4-11-14-7-9(16-11)8-2-1-5-13-6-8/h1-2,5-7H,3-4H2,(H2,12,15). The van der Waals surface area contributed by atoms with Crippen LogP contribution in [0.2, 0.25) is 0 Å². The van der Waals surface area contributed by atoms with Crippen molar-refractivity contribution in [1.29, 1.82) is 0 Å². The van der Waals surface area contributed by atoms with Gasteiger partial charge in [0.25, 0.3) is 0 Å². The first-order valence-corrected chi connectivity index (χ1v) is 5.71. The first kappa shape index (κ1) is 10.8. The highest BCUT2D eigenvalue weighted by Gasteiger charge is 2.05. The van der Waals surface area contributed by atoms with E-state index in [1.54, 1.807) is 29.9 Å². The largest absolute Gasteiger partial charge is 0.370 e. The second-order valence-electron chi connectivity index (χ2n) is 3.33. The van der Waals surface area contributed by atoms with E-state index in [0.717, 1.165) is 15.4 Å². The molecular formula is C11H11N3OS. The van der Waals surface area contributed by atoms with Crippen LogP contribution in [0.3, 0.4) is 0 Å². The average molecular weight is 233 g/mol. The molecule has 2 N–H and O–H groups in total. The Bertz CT molecular complexity index is 481. The molecule has 4 nitrogen and oxygen atoms in total. The predicted octanol–water partition coefficient (Wildman–Crippen LogP) is 1.62. The molecule has 0 bridgehead atoms. The number of carbonyl (C=O) groups is 1. The predicted molar refractivity (Wildman–Crippen MR) is 62.9 cm³/mol. The first-order chi connectivity index (χ1) is 7.75. The van der Waals surface area contributed by atoms with Gasteiger partial charge in [-0.1, -0.05) is 6.07 Å². The number of rotatable bonds is 4. The number of pyridine rings is 1. The van der Waals surface area contributed by atoms with Gasteiger partial charge in [-0.25, -0.2) is 4.98 Å². The Balaban J connectivity index is 2.11. The number of aryl methyl sites for hydroxylation is 1. The van der Waals surface area contributed by atoms with E-state index < -0.39 is 0 Å². The molecule has 0 atom stereocenters. The fourth-order valence-corrected chi connectivity index (χ4v) is 2.21. The maximum Gasteiger partial charge on any atom is 0.217 e. The molecule has 0 spiro atoms. The van der Waals surface area contributed by atoms with Crippen LogP contribution in [-0.2, 0) is 11.2 Å². The molecule has 0 aromatic carbocycles. The summed E-state index contributed by atoms with van der Waals surface area (Å²) in [4.78, 5) is 20.0. The van der Waals surface area contributed by atoms with Crippen molar-refractivity contribution in [2.75, 3.05) is 0 Å². The van der Waals surface area contributed by atoms with Gasteiger partial charge >= 0.3 is 0 Å². The number of aromatic nitrogens is 2. The molecule has 1 amide bonds. The normalized spacial score (nSPS) is 10.2. The smallest absolute Gasteiger partial charge is 0.217 e. The maximum atomic E-state index is 10.6. The van der Waals surface area contributed by atoms with Crippen LogP contribution >= 0.6 is 11.3 Å². The Kier molecular flexibility index (Phi) is 3.26. The lowest BCUT2D eigenvalue weighted by Gasteiger charge is -1.93. The molecule has 2 heterocycles. The van der Waals surface area contributed by atoms with Crippen molar-refractivity contribution < 1.29 is 4.79 Å². The zero-order valence-corrected chi connectivity index (χ0v) is 9.41. The van der Waals surface area contributed by atoms with E-state index in [4.69, 9.17) is 5.73 Å². The minimum atomic E-state index is -0.293. The van der Waals surface area contributed by atoms with Crippen molar-refractivity contribution in [2.45, 2.75) is 12.8 Å². The molecule has 16 heavy (non-hydrogen) atoms. The molecule has 82 valence electrons. The summed E-state index contributed by atoms with van der Waals surface area (Å²) in [6, 6.07) is 3.87. The van der Waals surface area contributed by atoms with Gasteiger partial charge in [0, 0.05) is 37.0 Å². The van der Waals surface area contributed by atoms with E-state index >= 15 is 0 Å². The van der Waals surface area contributed by atoms with Gasteiger partial charge < -0.3 is 5.73 Å². The van der Waals surface area contributed by atoms with E-state index in [0.29, 0.717) is 12.8 Å². The fourth-order valence-electron chi connectivity index (χ4n) is 1.30. The van der Waals surface area contributed by atoms with Gasteiger partial charge in [-0.05, 0) is 6.07 Å². The maximum absolute atomic E-state index is 10.6. The van der Waals surface area contributed by atoms with Crippen LogP contribution in [-0.4, -0.2) is 15.9 Å². The van der Waals surface area contributed by atoms with Gasteiger partial charge in [0.2, 0.25) is 5.91 Å². The summed E-state index contributed by atoms with van der Waals surface area (Å²) in [6.07, 6.45) is 6.29. The molecule has 0 fully saturated rings. The third-order valence-corrected chi connectivity index (χ3v) is 3.19. The summed E-state index contributed by atoms with van der Waals surface area (Å²) < 4.78 is 0. The molecule has 0 aliphatic heterocycles. The van der Waals surface area contributed by atoms with Crippen LogP contribution in [0.25, 0.3) is 10.4 Å². The van der Waals surface area contributed by atoms with Crippen LogP contribution in [0, 0.1) is 0 Å². The minimum Gasteiger partial charge on any atom is -0.370 e. The Morgan fingerprint density at radius 2 is 2.31 bits per heavy atom. The van der Waals surface area contributed by atoms with E-state index in [1.165, 1.54) is 0 Å². The van der Waals surface area contributed by atoms with Crippen LogP contribution in [0.1, 0.15) is 11.4 Å². The lowest BCUT2D eigenvalue weighted by atomic mass is 10.2. The van der Waals surface area contributed by atoms with Gasteiger partial charge in [-0.2, -0.15) is 0 Å². The Labute approximate surface area is 97.2 Å². The minimum absolute atomic E-state index is 0.293. The summed E-state index contributed by atoms with van der Waals surface area (Å²) in [7, 11) is 0. The van der Waals surface area contributed by atoms with Crippen molar-refractivity contribution in [1.82, 2.24) is 9.97 Å². The number of primary amides is 1. The van der Waals surface area contributed by atoms with E-state index in [1.807, 2.05) is 12.1 Å². The molecule has 0 saturated carbocycles. The Hall–Kier alpha value is -1.75. The molecule has 2 aromatic heterocycles. The monoisotopic (exact) mass is 233 g/mol. The number of thiazole rings is 1. The second-order valence-corrected chi connectivity index (χ2v) is 4.44. The van der Waals surface area contributed by atoms with Crippen molar-refractivity contribution in [3.8, 4) is 10.4 Å². The van der Waals surface area contributed by atoms with Gasteiger partial charge in [-0.15, -0.1) is 11.3 Å². The highest BCUT2D eigenvalue weighted by atomic mass is 32.1. The van der Waals surface area contributed by atoms with Crippen molar-refractivity contribution in [3.05, 3.63) is 35.7 Å². The zero-order valence-electron chi connectivity index (χ0n) is 8.59. The Morgan fingerprint density at radius 1 is 1.44 bits per heavy atom. The number of nitrogens with zero attached hydrogens (tertiary/aromatic N) is 2. The van der Waals surface area contributed by atoms with E-state index in [9.17, 15) is 4.79 Å². The molecule has 0 saturated heterocycles. The lowest BCUT2D eigenvalue weighted by Crippen LogP contribution is -2.10. The summed E-state index contributed by atoms with van der Waals surface area (Å²) in [5, 5.41) is 0.928. The summed E-state index contributed by atoms with van der Waals surface area (Å²) in [5.74, 6) is -0.293. The van der Waals surface area contributed by atoms with Crippen LogP contribution in [0.15, 0.2) is 30.7 Å². The third kappa shape index (κ3) is 2.64. The molecule has 0 aliphatic carbocycles. The van der Waals surface area contributed by atoms with Crippen LogP contribution < -0.4 is 5.73 Å². The highest BCUT2D eigenvalue weighted by Crippen LogP contribution is 2.25. The molecule has 0 aliphatic rings. The van der Waals surface area contributed by atoms with Gasteiger partial charge in [-0.3, -0.25) is 9.78 Å². The average Bonchev–Trinajstić information content (AvgIpc) is 2.76. The number of amides is 1. The molecule has 0 radical (unpaired) electrons. The van der Waals surface area contributed by atoms with Gasteiger partial charge in [0.1, 0.15) is 0 Å². The Morgan fingerprint density at radius 3 is 3.00 bits per heavy atom. The van der Waals surface area contributed by atoms with Gasteiger partial charge in [0.05, 0.1) is 9.88 Å². The first-order valence-electron chi connectivity index (χ1n) is 4.89. The summed E-state index contributed by atoms with van der Waals surface area (Å²) in [5.41, 5.74) is 6.13. The molecule has 5 heteroatoms. The number of nitrogens with two attached hydrogens (primary N) is 1. The SMILES string of the molecule is NC(=O)CCc1ncc(-c2cccnc2)s1. The fraction of sp³-hybridized carbons (Fsp3) is 0.182. The van der Waals surface area contributed by atoms with Crippen molar-refractivity contribution in [3.63, 3.8) is 0 Å². The molecular weight excluding hydrogens is 222 g/mol.